The Labute approximate surface area is 196 Å². The Morgan fingerprint density at radius 1 is 1.15 bits per heavy atom. The highest BCUT2D eigenvalue weighted by molar-refractivity contribution is 6.30. The maximum atomic E-state index is 14.6. The summed E-state index contributed by atoms with van der Waals surface area (Å²) in [6.07, 6.45) is -0.0568. The van der Waals surface area contributed by atoms with E-state index in [1.54, 1.807) is 38.4 Å². The zero-order valence-electron chi connectivity index (χ0n) is 18.6. The molecule has 0 saturated carbocycles. The predicted octanol–water partition coefficient (Wildman–Crippen LogP) is 3.83. The van der Waals surface area contributed by atoms with Gasteiger partial charge in [-0.25, -0.2) is 9.18 Å². The number of halogens is 2. The molecule has 0 bridgehead atoms. The first-order valence-corrected chi connectivity index (χ1v) is 10.8. The number of rotatable bonds is 6. The maximum absolute atomic E-state index is 14.6. The van der Waals surface area contributed by atoms with Crippen LogP contribution in [0.5, 0.6) is 0 Å². The van der Waals surface area contributed by atoms with Crippen LogP contribution in [-0.4, -0.2) is 67.0 Å². The molecule has 0 aromatic heterocycles. The first-order valence-electron chi connectivity index (χ1n) is 10.5. The van der Waals surface area contributed by atoms with Gasteiger partial charge in [0.05, 0.1) is 11.8 Å². The lowest BCUT2D eigenvalue weighted by atomic mass is 10.1. The molecule has 8 nitrogen and oxygen atoms in total. The van der Waals surface area contributed by atoms with Crippen LogP contribution in [0, 0.1) is 5.82 Å². The summed E-state index contributed by atoms with van der Waals surface area (Å²) in [7, 11) is 3.13. The quantitative estimate of drug-likeness (QED) is 0.663. The Balaban J connectivity index is 1.75. The van der Waals surface area contributed by atoms with Crippen LogP contribution >= 0.6 is 11.6 Å². The molecule has 0 unspecified atom stereocenters. The summed E-state index contributed by atoms with van der Waals surface area (Å²) in [5, 5.41) is 5.80. The number of hydrogen-bond donors (Lipinski definition) is 2. The van der Waals surface area contributed by atoms with E-state index >= 15 is 0 Å². The molecule has 0 spiro atoms. The van der Waals surface area contributed by atoms with E-state index in [9.17, 15) is 18.8 Å². The third kappa shape index (κ3) is 6.00. The lowest BCUT2D eigenvalue weighted by Crippen LogP contribution is -2.45. The van der Waals surface area contributed by atoms with Gasteiger partial charge in [-0.05, 0) is 49.4 Å². The van der Waals surface area contributed by atoms with Crippen LogP contribution in [0.25, 0.3) is 0 Å². The monoisotopic (exact) mass is 476 g/mol. The van der Waals surface area contributed by atoms with Crippen molar-refractivity contribution < 1.29 is 23.5 Å². The molecule has 2 atom stereocenters. The van der Waals surface area contributed by atoms with Gasteiger partial charge in [0.2, 0.25) is 5.91 Å². The molecule has 0 aliphatic carbocycles. The van der Waals surface area contributed by atoms with Crippen LogP contribution in [0.4, 0.5) is 20.6 Å². The number of urea groups is 1. The fourth-order valence-electron chi connectivity index (χ4n) is 3.58. The van der Waals surface area contributed by atoms with Gasteiger partial charge in [0.25, 0.3) is 5.91 Å². The second-order valence-electron chi connectivity index (χ2n) is 7.80. The molecule has 10 heteroatoms. The molecular weight excluding hydrogens is 451 g/mol. The average molecular weight is 477 g/mol. The molecule has 1 fully saturated rings. The highest BCUT2D eigenvalue weighted by atomic mass is 35.5. The Morgan fingerprint density at radius 2 is 1.85 bits per heavy atom. The van der Waals surface area contributed by atoms with Crippen LogP contribution in [0.2, 0.25) is 5.02 Å². The number of likely N-dealkylation sites (tertiary alicyclic amines) is 1. The SMILES string of the molecule is CCO[C@@H]1C[C@H](C(=O)Nc2ccc(C(=O)N(C)C)cc2F)N(C(=O)Nc2ccc(Cl)cc2)C1. The van der Waals surface area contributed by atoms with Crippen molar-refractivity contribution in [1.29, 1.82) is 0 Å². The van der Waals surface area contributed by atoms with Gasteiger partial charge in [0.1, 0.15) is 11.9 Å². The van der Waals surface area contributed by atoms with Gasteiger partial charge >= 0.3 is 6.03 Å². The van der Waals surface area contributed by atoms with Crippen LogP contribution < -0.4 is 10.6 Å². The van der Waals surface area contributed by atoms with Crippen molar-refractivity contribution >= 4 is 40.8 Å². The number of anilines is 2. The van der Waals surface area contributed by atoms with Gasteiger partial charge in [-0.3, -0.25) is 9.59 Å². The van der Waals surface area contributed by atoms with Gasteiger partial charge in [0.15, 0.2) is 0 Å². The lowest BCUT2D eigenvalue weighted by molar-refractivity contribution is -0.119. The fraction of sp³-hybridized carbons (Fsp3) is 0.348. The van der Waals surface area contributed by atoms with Gasteiger partial charge < -0.3 is 25.2 Å². The minimum absolute atomic E-state index is 0.0757. The smallest absolute Gasteiger partial charge is 0.322 e. The first-order chi connectivity index (χ1) is 15.7. The largest absolute Gasteiger partial charge is 0.377 e. The van der Waals surface area contributed by atoms with Crippen LogP contribution in [-0.2, 0) is 9.53 Å². The Morgan fingerprint density at radius 3 is 2.45 bits per heavy atom. The van der Waals surface area contributed by atoms with E-state index < -0.39 is 23.8 Å². The highest BCUT2D eigenvalue weighted by Gasteiger charge is 2.40. The van der Waals surface area contributed by atoms with Crippen LogP contribution in [0.15, 0.2) is 42.5 Å². The fourth-order valence-corrected chi connectivity index (χ4v) is 3.71. The molecule has 1 aliphatic heterocycles. The van der Waals surface area contributed by atoms with Gasteiger partial charge in [-0.2, -0.15) is 0 Å². The summed E-state index contributed by atoms with van der Waals surface area (Å²) < 4.78 is 20.2. The maximum Gasteiger partial charge on any atom is 0.322 e. The molecule has 2 aromatic rings. The number of amides is 4. The first kappa shape index (κ1) is 24.5. The molecule has 1 heterocycles. The average Bonchev–Trinajstić information content (AvgIpc) is 3.20. The lowest BCUT2D eigenvalue weighted by Gasteiger charge is -2.24. The summed E-state index contributed by atoms with van der Waals surface area (Å²) in [6, 6.07) is 9.07. The Bertz CT molecular complexity index is 1030. The van der Waals surface area contributed by atoms with Gasteiger partial charge in [0, 0.05) is 49.9 Å². The summed E-state index contributed by atoms with van der Waals surface area (Å²) in [5.41, 5.74) is 0.612. The van der Waals surface area contributed by atoms with Crippen molar-refractivity contribution in [3.63, 3.8) is 0 Å². The van der Waals surface area contributed by atoms with E-state index in [4.69, 9.17) is 16.3 Å². The number of nitrogens with one attached hydrogen (secondary N) is 2. The zero-order valence-corrected chi connectivity index (χ0v) is 19.4. The van der Waals surface area contributed by atoms with E-state index in [1.807, 2.05) is 6.92 Å². The summed E-state index contributed by atoms with van der Waals surface area (Å²) in [6.45, 7) is 2.48. The number of benzene rings is 2. The molecule has 1 saturated heterocycles. The van der Waals surface area contributed by atoms with E-state index in [0.29, 0.717) is 17.3 Å². The normalized spacial score (nSPS) is 17.5. The van der Waals surface area contributed by atoms with E-state index in [-0.39, 0.29) is 36.2 Å². The van der Waals surface area contributed by atoms with Crippen LogP contribution in [0.1, 0.15) is 23.7 Å². The molecule has 2 aromatic carbocycles. The molecule has 33 heavy (non-hydrogen) atoms. The number of hydrogen-bond acceptors (Lipinski definition) is 4. The molecule has 176 valence electrons. The number of carbonyl (C=O) groups is 3. The molecule has 4 amide bonds. The van der Waals surface area contributed by atoms with E-state index in [0.717, 1.165) is 6.07 Å². The van der Waals surface area contributed by atoms with Crippen molar-refractivity contribution in [2.75, 3.05) is 37.9 Å². The highest BCUT2D eigenvalue weighted by Crippen LogP contribution is 2.25. The second kappa shape index (κ2) is 10.6. The summed E-state index contributed by atoms with van der Waals surface area (Å²) >= 11 is 5.88. The zero-order chi connectivity index (χ0) is 24.1. The van der Waals surface area contributed by atoms with E-state index in [1.165, 1.54) is 21.9 Å². The van der Waals surface area contributed by atoms with Gasteiger partial charge in [-0.15, -0.1) is 0 Å². The predicted molar refractivity (Wildman–Crippen MR) is 124 cm³/mol. The topological polar surface area (TPSA) is 91.0 Å². The van der Waals surface area contributed by atoms with Crippen molar-refractivity contribution in [3.05, 3.63) is 58.9 Å². The van der Waals surface area contributed by atoms with E-state index in [2.05, 4.69) is 10.6 Å². The molecule has 0 radical (unpaired) electrons. The van der Waals surface area contributed by atoms with Crippen molar-refractivity contribution in [3.8, 4) is 0 Å². The molecular formula is C23H26ClFN4O4. The Hall–Kier alpha value is -3.17. The third-order valence-electron chi connectivity index (χ3n) is 5.20. The minimum Gasteiger partial charge on any atom is -0.377 e. The number of ether oxygens (including phenoxy) is 1. The van der Waals surface area contributed by atoms with Crippen molar-refractivity contribution in [1.82, 2.24) is 9.80 Å². The van der Waals surface area contributed by atoms with Gasteiger partial charge in [-0.1, -0.05) is 11.6 Å². The summed E-state index contributed by atoms with van der Waals surface area (Å²) in [4.78, 5) is 40.6. The number of carbonyl (C=O) groups excluding carboxylic acids is 3. The summed E-state index contributed by atoms with van der Waals surface area (Å²) in [5.74, 6) is -1.64. The standard InChI is InChI=1S/C23H26ClFN4O4/c1-4-33-17-12-20(29(13-17)23(32)26-16-8-6-15(24)7-9-16)21(30)27-19-10-5-14(11-18(19)25)22(31)28(2)3/h5-11,17,20H,4,12-13H2,1-3H3,(H,26,32)(H,27,30)/t17-,20-/m1/s1. The Kier molecular flexibility index (Phi) is 7.88. The second-order valence-corrected chi connectivity index (χ2v) is 8.24. The van der Waals surface area contributed by atoms with Crippen molar-refractivity contribution in [2.45, 2.75) is 25.5 Å². The number of nitrogens with zero attached hydrogens (tertiary/aromatic N) is 2. The third-order valence-corrected chi connectivity index (χ3v) is 5.46. The van der Waals surface area contributed by atoms with Crippen LogP contribution in [0.3, 0.4) is 0 Å². The molecule has 2 N–H and O–H groups in total. The molecule has 3 rings (SSSR count). The minimum atomic E-state index is -0.865. The van der Waals surface area contributed by atoms with Crippen molar-refractivity contribution in [2.24, 2.45) is 0 Å². The molecule has 1 aliphatic rings.